The van der Waals surface area contributed by atoms with Gasteiger partial charge in [0.1, 0.15) is 17.0 Å². The number of hydrogen-bond donors (Lipinski definition) is 1. The van der Waals surface area contributed by atoms with Crippen molar-refractivity contribution in [2.45, 2.75) is 26.8 Å². The lowest BCUT2D eigenvalue weighted by Gasteiger charge is -2.23. The second kappa shape index (κ2) is 7.01. The molecule has 0 bridgehead atoms. The fraction of sp³-hybridized carbons (Fsp3) is 0.316. The van der Waals surface area contributed by atoms with Gasteiger partial charge in [-0.2, -0.15) is 0 Å². The average Bonchev–Trinajstić information content (AvgIpc) is 3.24. The Balaban J connectivity index is 1.59. The molecule has 4 rings (SSSR count). The molecule has 1 N–H and O–H groups in total. The molecule has 3 heterocycles. The molecule has 1 aliphatic heterocycles. The maximum Gasteiger partial charge on any atom is 0.263 e. The molecule has 0 atom stereocenters. The maximum absolute atomic E-state index is 12.9. The van der Waals surface area contributed by atoms with Crippen LogP contribution < -0.4 is 5.32 Å². The number of amides is 1. The van der Waals surface area contributed by atoms with Gasteiger partial charge < -0.3 is 4.52 Å². The van der Waals surface area contributed by atoms with Gasteiger partial charge in [0.05, 0.1) is 5.69 Å². The number of carbonyl (C=O) groups excluding carboxylic acids is 1. The lowest BCUT2D eigenvalue weighted by Crippen LogP contribution is -2.29. The molecule has 6 nitrogen and oxygen atoms in total. The van der Waals surface area contributed by atoms with E-state index in [1.807, 2.05) is 30.3 Å². The highest BCUT2D eigenvalue weighted by Gasteiger charge is 2.24. The van der Waals surface area contributed by atoms with Gasteiger partial charge >= 0.3 is 0 Å². The molecule has 0 saturated carbocycles. The summed E-state index contributed by atoms with van der Waals surface area (Å²) in [6.07, 6.45) is 0.928. The van der Waals surface area contributed by atoms with Crippen LogP contribution in [-0.4, -0.2) is 34.0 Å². The zero-order chi connectivity index (χ0) is 18.1. The second-order valence-corrected chi connectivity index (χ2v) is 7.37. The van der Waals surface area contributed by atoms with Crippen molar-refractivity contribution < 1.29 is 9.32 Å². The minimum Gasteiger partial charge on any atom is -0.360 e. The van der Waals surface area contributed by atoms with E-state index in [4.69, 9.17) is 4.52 Å². The summed E-state index contributed by atoms with van der Waals surface area (Å²) in [5.41, 5.74) is 2.96. The molecule has 26 heavy (non-hydrogen) atoms. The number of anilines is 1. The molecule has 3 aromatic rings. The third kappa shape index (κ3) is 3.15. The first-order valence-electron chi connectivity index (χ1n) is 8.69. The molecule has 134 valence electrons. The summed E-state index contributed by atoms with van der Waals surface area (Å²) in [4.78, 5) is 21.1. The zero-order valence-electron chi connectivity index (χ0n) is 14.8. The van der Waals surface area contributed by atoms with Crippen molar-refractivity contribution in [3.63, 3.8) is 0 Å². The van der Waals surface area contributed by atoms with Gasteiger partial charge in [0, 0.05) is 30.0 Å². The second-order valence-electron chi connectivity index (χ2n) is 6.29. The number of hydrogen-bond acceptors (Lipinski definition) is 6. The normalized spacial score (nSPS) is 14.2. The first-order chi connectivity index (χ1) is 12.7. The number of likely N-dealkylation sites (N-methyl/N-ethyl adjacent to an activating group) is 1. The van der Waals surface area contributed by atoms with E-state index < -0.39 is 0 Å². The number of aromatic nitrogens is 2. The van der Waals surface area contributed by atoms with E-state index in [1.54, 1.807) is 18.3 Å². The third-order valence-electron chi connectivity index (χ3n) is 4.61. The summed E-state index contributed by atoms with van der Waals surface area (Å²) >= 11 is 1.55. The zero-order valence-corrected chi connectivity index (χ0v) is 15.6. The first-order valence-corrected chi connectivity index (χ1v) is 9.51. The van der Waals surface area contributed by atoms with Gasteiger partial charge in [0.25, 0.3) is 5.91 Å². The van der Waals surface area contributed by atoms with Gasteiger partial charge in [-0.25, -0.2) is 4.98 Å². The fourth-order valence-electron chi connectivity index (χ4n) is 3.16. The number of rotatable bonds is 4. The van der Waals surface area contributed by atoms with Crippen LogP contribution in [-0.2, 0) is 13.0 Å². The third-order valence-corrected chi connectivity index (χ3v) is 5.61. The molecule has 0 spiro atoms. The highest BCUT2D eigenvalue weighted by atomic mass is 32.1. The Morgan fingerprint density at radius 2 is 2.15 bits per heavy atom. The monoisotopic (exact) mass is 368 g/mol. The Hall–Kier alpha value is -2.51. The summed E-state index contributed by atoms with van der Waals surface area (Å²) in [7, 11) is 0. The van der Waals surface area contributed by atoms with Crippen LogP contribution in [0, 0.1) is 6.92 Å². The molecule has 1 aliphatic rings. The van der Waals surface area contributed by atoms with Gasteiger partial charge in [-0.15, -0.1) is 11.3 Å². The van der Waals surface area contributed by atoms with E-state index in [9.17, 15) is 4.79 Å². The minimum absolute atomic E-state index is 0.235. The molecule has 2 aromatic heterocycles. The summed E-state index contributed by atoms with van der Waals surface area (Å²) < 4.78 is 5.28. The van der Waals surface area contributed by atoms with Crippen molar-refractivity contribution in [3.05, 3.63) is 52.2 Å². The van der Waals surface area contributed by atoms with E-state index in [-0.39, 0.29) is 5.91 Å². The molecular formula is C19H20N4O2S. The summed E-state index contributed by atoms with van der Waals surface area (Å²) in [5, 5.41) is 7.65. The minimum atomic E-state index is -0.235. The summed E-state index contributed by atoms with van der Waals surface area (Å²) in [6, 6.07) is 9.58. The molecule has 0 saturated heterocycles. The van der Waals surface area contributed by atoms with E-state index in [2.05, 4.69) is 27.3 Å². The van der Waals surface area contributed by atoms with Crippen LogP contribution in [0.1, 0.15) is 33.6 Å². The quantitative estimate of drug-likeness (QED) is 0.760. The van der Waals surface area contributed by atoms with Crippen LogP contribution in [0.15, 0.2) is 34.9 Å². The summed E-state index contributed by atoms with van der Waals surface area (Å²) in [6.45, 7) is 6.86. The topological polar surface area (TPSA) is 71.3 Å². The van der Waals surface area contributed by atoms with Crippen LogP contribution in [0.25, 0.3) is 11.3 Å². The van der Waals surface area contributed by atoms with Crippen molar-refractivity contribution in [1.82, 2.24) is 15.0 Å². The van der Waals surface area contributed by atoms with E-state index >= 15 is 0 Å². The Bertz CT molecular complexity index is 932. The average molecular weight is 368 g/mol. The van der Waals surface area contributed by atoms with Crippen LogP contribution in [0.3, 0.4) is 0 Å². The predicted molar refractivity (Wildman–Crippen MR) is 101 cm³/mol. The standard InChI is InChI=1S/C19H20N4O2S/c1-3-23-10-9-14-15(11-23)26-19(20-14)21-18(24)16-12(2)25-22-17(16)13-7-5-4-6-8-13/h4-8H,3,9-11H2,1-2H3,(H,20,21,24). The smallest absolute Gasteiger partial charge is 0.263 e. The number of benzene rings is 1. The Labute approximate surface area is 155 Å². The van der Waals surface area contributed by atoms with Gasteiger partial charge in [-0.05, 0) is 13.5 Å². The van der Waals surface area contributed by atoms with Crippen LogP contribution in [0.5, 0.6) is 0 Å². The molecule has 1 amide bonds. The lowest BCUT2D eigenvalue weighted by atomic mass is 10.1. The number of aryl methyl sites for hydroxylation is 1. The number of nitrogens with one attached hydrogen (secondary N) is 1. The van der Waals surface area contributed by atoms with Crippen molar-refractivity contribution >= 4 is 22.4 Å². The molecule has 0 unspecified atom stereocenters. The Morgan fingerprint density at radius 1 is 1.35 bits per heavy atom. The largest absolute Gasteiger partial charge is 0.360 e. The Kier molecular flexibility index (Phi) is 4.57. The van der Waals surface area contributed by atoms with Crippen molar-refractivity contribution in [2.75, 3.05) is 18.4 Å². The van der Waals surface area contributed by atoms with Crippen molar-refractivity contribution in [3.8, 4) is 11.3 Å². The van der Waals surface area contributed by atoms with E-state index in [0.717, 1.165) is 37.3 Å². The molecule has 1 aromatic carbocycles. The highest BCUT2D eigenvalue weighted by molar-refractivity contribution is 7.15. The lowest BCUT2D eigenvalue weighted by molar-refractivity contribution is 0.102. The fourth-order valence-corrected chi connectivity index (χ4v) is 4.21. The number of fused-ring (bicyclic) bond motifs is 1. The van der Waals surface area contributed by atoms with Crippen LogP contribution in [0.4, 0.5) is 5.13 Å². The molecule has 7 heteroatoms. The van der Waals surface area contributed by atoms with Gasteiger partial charge in [-0.1, -0.05) is 42.4 Å². The first kappa shape index (κ1) is 16.9. The van der Waals surface area contributed by atoms with Crippen LogP contribution >= 0.6 is 11.3 Å². The van der Waals surface area contributed by atoms with Crippen molar-refractivity contribution in [2.24, 2.45) is 0 Å². The molecule has 0 fully saturated rings. The van der Waals surface area contributed by atoms with Gasteiger partial charge in [0.2, 0.25) is 0 Å². The van der Waals surface area contributed by atoms with Crippen molar-refractivity contribution in [1.29, 1.82) is 0 Å². The Morgan fingerprint density at radius 3 is 2.92 bits per heavy atom. The number of nitrogens with zero attached hydrogens (tertiary/aromatic N) is 3. The molecule has 0 radical (unpaired) electrons. The number of carbonyl (C=O) groups is 1. The maximum atomic E-state index is 12.9. The summed E-state index contributed by atoms with van der Waals surface area (Å²) in [5.74, 6) is 0.265. The van der Waals surface area contributed by atoms with E-state index in [1.165, 1.54) is 4.88 Å². The van der Waals surface area contributed by atoms with Gasteiger partial charge in [-0.3, -0.25) is 15.0 Å². The van der Waals surface area contributed by atoms with Crippen LogP contribution in [0.2, 0.25) is 0 Å². The molecule has 0 aliphatic carbocycles. The number of thiazole rings is 1. The highest BCUT2D eigenvalue weighted by Crippen LogP contribution is 2.30. The van der Waals surface area contributed by atoms with E-state index in [0.29, 0.717) is 22.1 Å². The predicted octanol–water partition coefficient (Wildman–Crippen LogP) is 3.74. The van der Waals surface area contributed by atoms with Gasteiger partial charge in [0.15, 0.2) is 5.13 Å². The SMILES string of the molecule is CCN1CCc2nc(NC(=O)c3c(-c4ccccc4)noc3C)sc2C1. The molecular weight excluding hydrogens is 348 g/mol.